The first-order valence-corrected chi connectivity index (χ1v) is 11.9. The molecule has 39 heavy (non-hydrogen) atoms. The lowest BCUT2D eigenvalue weighted by molar-refractivity contribution is -0.144. The van der Waals surface area contributed by atoms with Gasteiger partial charge < -0.3 is 47.1 Å². The summed E-state index contributed by atoms with van der Waals surface area (Å²) in [7, 11) is 0. The van der Waals surface area contributed by atoms with E-state index in [0.717, 1.165) is 17.8 Å². The Morgan fingerprint density at radius 2 is 1.54 bits per heavy atom. The minimum absolute atomic E-state index is 0.153. The molecule has 3 amide bonds. The number of nitrogens with two attached hydrogens (primary N) is 1. The summed E-state index contributed by atoms with van der Waals surface area (Å²) in [5.41, 5.74) is 6.93. The van der Waals surface area contributed by atoms with Crippen LogP contribution in [0, 0.1) is 0 Å². The molecule has 1 heterocycles. The fraction of sp³-hybridized carbons (Fsp3) is 0.417. The molecule has 212 valence electrons. The molecule has 0 spiro atoms. The second-order valence-electron chi connectivity index (χ2n) is 8.89. The van der Waals surface area contributed by atoms with Crippen LogP contribution in [-0.4, -0.2) is 91.3 Å². The van der Waals surface area contributed by atoms with Gasteiger partial charge in [-0.3, -0.25) is 24.0 Å². The van der Waals surface area contributed by atoms with Crippen molar-refractivity contribution in [1.29, 1.82) is 0 Å². The Bertz CT molecular complexity index is 1230. The fourth-order valence-electron chi connectivity index (χ4n) is 3.71. The Morgan fingerprint density at radius 1 is 0.897 bits per heavy atom. The second-order valence-corrected chi connectivity index (χ2v) is 8.89. The van der Waals surface area contributed by atoms with Crippen molar-refractivity contribution in [3.05, 3.63) is 36.0 Å². The van der Waals surface area contributed by atoms with Crippen molar-refractivity contribution in [2.75, 3.05) is 0 Å². The van der Waals surface area contributed by atoms with Gasteiger partial charge in [-0.1, -0.05) is 18.2 Å². The molecule has 10 N–H and O–H groups in total. The van der Waals surface area contributed by atoms with Gasteiger partial charge in [-0.2, -0.15) is 0 Å². The Labute approximate surface area is 221 Å². The molecule has 1 aromatic carbocycles. The topological polar surface area (TPSA) is 261 Å². The Kier molecular flexibility index (Phi) is 10.9. The minimum atomic E-state index is -1.77. The zero-order valence-corrected chi connectivity index (χ0v) is 20.9. The van der Waals surface area contributed by atoms with Crippen molar-refractivity contribution in [3.63, 3.8) is 0 Å². The average Bonchev–Trinajstić information content (AvgIpc) is 3.26. The number of benzene rings is 1. The number of hydrogen-bond acceptors (Lipinski definition) is 8. The maximum absolute atomic E-state index is 12.9. The first-order chi connectivity index (χ1) is 18.3. The van der Waals surface area contributed by atoms with Crippen LogP contribution in [0.5, 0.6) is 0 Å². The highest BCUT2D eigenvalue weighted by Gasteiger charge is 2.33. The molecule has 2 aromatic rings. The third kappa shape index (κ3) is 9.08. The number of aliphatic carboxylic acids is 3. The van der Waals surface area contributed by atoms with Crippen molar-refractivity contribution in [2.24, 2.45) is 5.73 Å². The largest absolute Gasteiger partial charge is 0.481 e. The monoisotopic (exact) mass is 549 g/mol. The molecule has 5 unspecified atom stereocenters. The van der Waals surface area contributed by atoms with Gasteiger partial charge in [0.25, 0.3) is 0 Å². The maximum atomic E-state index is 12.9. The number of carboxylic acid groups (broad SMARTS) is 3. The Balaban J connectivity index is 2.15. The van der Waals surface area contributed by atoms with E-state index in [9.17, 15) is 44.1 Å². The highest BCUT2D eigenvalue weighted by atomic mass is 16.4. The number of carbonyl (C=O) groups excluding carboxylic acids is 3. The second kappa shape index (κ2) is 13.9. The number of fused-ring (bicyclic) bond motifs is 1. The number of hydrogen-bond donors (Lipinski definition) is 9. The predicted octanol–water partition coefficient (Wildman–Crippen LogP) is -1.70. The van der Waals surface area contributed by atoms with E-state index in [-0.39, 0.29) is 12.8 Å². The molecule has 0 radical (unpaired) electrons. The van der Waals surface area contributed by atoms with E-state index in [1.54, 1.807) is 30.5 Å². The van der Waals surface area contributed by atoms with Gasteiger partial charge in [0, 0.05) is 29.9 Å². The van der Waals surface area contributed by atoms with Crippen molar-refractivity contribution in [3.8, 4) is 0 Å². The molecular weight excluding hydrogens is 518 g/mol. The summed E-state index contributed by atoms with van der Waals surface area (Å²) in [4.78, 5) is 74.9. The van der Waals surface area contributed by atoms with Crippen LogP contribution in [0.1, 0.15) is 31.7 Å². The zero-order valence-electron chi connectivity index (χ0n) is 20.9. The fourth-order valence-corrected chi connectivity index (χ4v) is 3.71. The Hall–Kier alpha value is -4.50. The van der Waals surface area contributed by atoms with Crippen molar-refractivity contribution in [2.45, 2.75) is 62.9 Å². The van der Waals surface area contributed by atoms with Gasteiger partial charge in [0.15, 0.2) is 0 Å². The van der Waals surface area contributed by atoms with E-state index in [1.807, 2.05) is 0 Å². The number of rotatable bonds is 15. The number of aromatic amines is 1. The minimum Gasteiger partial charge on any atom is -0.481 e. The molecule has 0 saturated heterocycles. The van der Waals surface area contributed by atoms with E-state index in [4.69, 9.17) is 10.8 Å². The third-order valence-electron chi connectivity index (χ3n) is 5.79. The summed E-state index contributed by atoms with van der Waals surface area (Å²) < 4.78 is 0. The van der Waals surface area contributed by atoms with Gasteiger partial charge in [-0.05, 0) is 25.0 Å². The van der Waals surface area contributed by atoms with Crippen LogP contribution in [0.4, 0.5) is 0 Å². The third-order valence-corrected chi connectivity index (χ3v) is 5.79. The quantitative estimate of drug-likeness (QED) is 0.121. The summed E-state index contributed by atoms with van der Waals surface area (Å²) in [6.07, 6.45) is -1.71. The number of carbonyl (C=O) groups is 6. The number of aliphatic hydroxyl groups is 1. The van der Waals surface area contributed by atoms with Crippen molar-refractivity contribution in [1.82, 2.24) is 20.9 Å². The van der Waals surface area contributed by atoms with Gasteiger partial charge in [-0.15, -0.1) is 0 Å². The van der Waals surface area contributed by atoms with Gasteiger partial charge in [-0.25, -0.2) is 4.79 Å². The van der Waals surface area contributed by atoms with E-state index in [1.165, 1.54) is 0 Å². The molecule has 0 aliphatic heterocycles. The lowest BCUT2D eigenvalue weighted by atomic mass is 10.0. The first-order valence-electron chi connectivity index (χ1n) is 11.9. The molecule has 0 bridgehead atoms. The number of aliphatic hydroxyl groups excluding tert-OH is 1. The van der Waals surface area contributed by atoms with Crippen LogP contribution in [0.25, 0.3) is 10.9 Å². The molecular formula is C24H31N5O10. The predicted molar refractivity (Wildman–Crippen MR) is 134 cm³/mol. The number of nitrogens with one attached hydrogen (secondary N) is 4. The summed E-state index contributed by atoms with van der Waals surface area (Å²) in [5, 5.41) is 44.9. The summed E-state index contributed by atoms with van der Waals surface area (Å²) in [6, 6.07) is 0.819. The number of aromatic nitrogens is 1. The van der Waals surface area contributed by atoms with Crippen molar-refractivity contribution < 1.29 is 49.2 Å². The molecule has 5 atom stereocenters. The smallest absolute Gasteiger partial charge is 0.326 e. The summed E-state index contributed by atoms with van der Waals surface area (Å²) >= 11 is 0. The van der Waals surface area contributed by atoms with Crippen molar-refractivity contribution >= 4 is 46.5 Å². The van der Waals surface area contributed by atoms with Crippen LogP contribution >= 0.6 is 0 Å². The maximum Gasteiger partial charge on any atom is 0.326 e. The molecule has 0 aliphatic rings. The summed E-state index contributed by atoms with van der Waals surface area (Å²) in [6.45, 7) is 1.14. The first kappa shape index (κ1) is 30.7. The van der Waals surface area contributed by atoms with Crippen LogP contribution in [0.2, 0.25) is 0 Å². The van der Waals surface area contributed by atoms with Crippen LogP contribution < -0.4 is 21.7 Å². The normalized spacial score (nSPS) is 14.8. The van der Waals surface area contributed by atoms with Gasteiger partial charge in [0.1, 0.15) is 18.1 Å². The summed E-state index contributed by atoms with van der Waals surface area (Å²) in [5.74, 6) is -7.32. The molecule has 2 rings (SSSR count). The van der Waals surface area contributed by atoms with E-state index in [2.05, 4.69) is 20.9 Å². The van der Waals surface area contributed by atoms with E-state index < -0.39 is 78.7 Å². The van der Waals surface area contributed by atoms with Crippen LogP contribution in [-0.2, 0) is 35.2 Å². The number of amides is 3. The number of para-hydroxylation sites is 1. The average molecular weight is 550 g/mol. The van der Waals surface area contributed by atoms with Gasteiger partial charge in [0.05, 0.1) is 18.6 Å². The molecule has 0 saturated carbocycles. The van der Waals surface area contributed by atoms with E-state index in [0.29, 0.717) is 5.56 Å². The highest BCUT2D eigenvalue weighted by Crippen LogP contribution is 2.19. The SMILES string of the molecule is CC(O)C(NC(=O)C(N)CCC(=O)O)C(=O)NC(CC(=O)O)C(=O)NC(Cc1c[nH]c2ccccc12)C(=O)O. The molecule has 15 nitrogen and oxygen atoms in total. The number of carboxylic acids is 3. The highest BCUT2D eigenvalue weighted by molar-refractivity contribution is 5.96. The van der Waals surface area contributed by atoms with Crippen LogP contribution in [0.15, 0.2) is 30.5 Å². The standard InChI is InChI=1S/C24H31N5O10/c1-11(30)20(29-21(35)14(25)6-7-18(31)32)23(37)27-16(9-19(33)34)22(36)28-17(24(38)39)8-12-10-26-15-5-3-2-4-13(12)15/h2-5,10-11,14,16-17,20,26,30H,6-9,25H2,1H3,(H,27,37)(H,28,36)(H,29,35)(H,31,32)(H,33,34)(H,38,39). The van der Waals surface area contributed by atoms with E-state index >= 15 is 0 Å². The number of H-pyrrole nitrogens is 1. The molecule has 1 aromatic heterocycles. The van der Waals surface area contributed by atoms with Crippen LogP contribution in [0.3, 0.4) is 0 Å². The van der Waals surface area contributed by atoms with Gasteiger partial charge >= 0.3 is 17.9 Å². The molecule has 0 fully saturated rings. The molecule has 15 heteroatoms. The van der Waals surface area contributed by atoms with Gasteiger partial charge in [0.2, 0.25) is 17.7 Å². The zero-order chi connectivity index (χ0) is 29.3. The Morgan fingerprint density at radius 3 is 2.13 bits per heavy atom. The lowest BCUT2D eigenvalue weighted by Crippen LogP contribution is -2.60. The lowest BCUT2D eigenvalue weighted by Gasteiger charge is -2.26. The molecule has 0 aliphatic carbocycles.